The van der Waals surface area contributed by atoms with Crippen LogP contribution in [0.3, 0.4) is 0 Å². The normalized spacial score (nSPS) is 13.2. The molecule has 0 unspecified atom stereocenters. The van der Waals surface area contributed by atoms with Gasteiger partial charge in [0.05, 0.1) is 22.1 Å². The molecule has 1 aliphatic rings. The molecule has 1 aromatic heterocycles. The second-order valence-electron chi connectivity index (χ2n) is 7.34. The van der Waals surface area contributed by atoms with Gasteiger partial charge in [0, 0.05) is 34.5 Å². The first-order valence-corrected chi connectivity index (χ1v) is 11.6. The maximum atomic E-state index is 13.3. The van der Waals surface area contributed by atoms with Gasteiger partial charge in [0.2, 0.25) is 5.88 Å². The molecule has 0 spiro atoms. The van der Waals surface area contributed by atoms with Gasteiger partial charge in [0.15, 0.2) is 0 Å². The van der Waals surface area contributed by atoms with E-state index >= 15 is 0 Å². The second-order valence-corrected chi connectivity index (χ2v) is 9.70. The third-order valence-corrected chi connectivity index (χ3v) is 7.11. The maximum absolute atomic E-state index is 13.3. The Labute approximate surface area is 193 Å². The number of hydrogen-bond donors (Lipinski definition) is 0. The van der Waals surface area contributed by atoms with Crippen molar-refractivity contribution in [2.45, 2.75) is 11.8 Å². The third kappa shape index (κ3) is 3.14. The highest BCUT2D eigenvalue weighted by Crippen LogP contribution is 2.40. The molecule has 10 heteroatoms. The molecule has 0 atom stereocenters. The van der Waals surface area contributed by atoms with Crippen LogP contribution >= 0.6 is 23.2 Å². The van der Waals surface area contributed by atoms with Crippen LogP contribution < -0.4 is 9.08 Å². The molecule has 4 aromatic rings. The molecule has 0 bridgehead atoms. The number of nitrogens with zero attached hydrogens (tertiary/aromatic N) is 3. The summed E-state index contributed by atoms with van der Waals surface area (Å²) in [7, 11) is -2.64. The third-order valence-electron chi connectivity index (χ3n) is 5.27. The molecule has 0 radical (unpaired) electrons. The topological polar surface area (TPSA) is 81.5 Å². The lowest BCUT2D eigenvalue weighted by molar-refractivity contribution is 0.0999. The van der Waals surface area contributed by atoms with Crippen LogP contribution in [0.5, 0.6) is 5.88 Å². The SMILES string of the molecule is Cc1cc(OS(=O)(=O)c2ccc3c4c(cccc24)C(=O)N3C)n(-c2cc(Cl)ccc2Cl)n1. The van der Waals surface area contributed by atoms with Gasteiger partial charge in [-0.3, -0.25) is 4.79 Å². The second kappa shape index (κ2) is 7.23. The summed E-state index contributed by atoms with van der Waals surface area (Å²) in [5, 5.41) is 6.03. The summed E-state index contributed by atoms with van der Waals surface area (Å²) >= 11 is 12.4. The van der Waals surface area contributed by atoms with Crippen LogP contribution in [0, 0.1) is 6.92 Å². The van der Waals surface area contributed by atoms with Crippen LogP contribution in [0.1, 0.15) is 16.1 Å². The van der Waals surface area contributed by atoms with Gasteiger partial charge in [-0.25, -0.2) is 0 Å². The number of benzene rings is 3. The van der Waals surface area contributed by atoms with E-state index < -0.39 is 10.1 Å². The molecule has 32 heavy (non-hydrogen) atoms. The van der Waals surface area contributed by atoms with E-state index in [0.29, 0.717) is 43.4 Å². The molecule has 7 nitrogen and oxygen atoms in total. The van der Waals surface area contributed by atoms with Gasteiger partial charge >= 0.3 is 10.1 Å². The van der Waals surface area contributed by atoms with Crippen LogP contribution in [-0.4, -0.2) is 31.2 Å². The van der Waals surface area contributed by atoms with Gasteiger partial charge in [-0.05, 0) is 43.3 Å². The van der Waals surface area contributed by atoms with Crippen LogP contribution in [0.2, 0.25) is 10.0 Å². The van der Waals surface area contributed by atoms with Crippen molar-refractivity contribution in [1.82, 2.24) is 9.78 Å². The van der Waals surface area contributed by atoms with Gasteiger partial charge < -0.3 is 9.08 Å². The summed E-state index contributed by atoms with van der Waals surface area (Å²) in [6, 6.07) is 14.3. The number of anilines is 1. The van der Waals surface area contributed by atoms with Crippen molar-refractivity contribution in [3.8, 4) is 11.6 Å². The van der Waals surface area contributed by atoms with Gasteiger partial charge in [-0.2, -0.15) is 18.2 Å². The Hall–Kier alpha value is -3.07. The molecular weight excluding hydrogens is 473 g/mol. The van der Waals surface area contributed by atoms with Gasteiger partial charge in [-0.1, -0.05) is 35.3 Å². The fourth-order valence-corrected chi connectivity index (χ4v) is 5.31. The van der Waals surface area contributed by atoms with E-state index in [-0.39, 0.29) is 16.7 Å². The van der Waals surface area contributed by atoms with Crippen molar-refractivity contribution in [2.24, 2.45) is 0 Å². The maximum Gasteiger partial charge on any atom is 0.341 e. The Morgan fingerprint density at radius 2 is 1.78 bits per heavy atom. The van der Waals surface area contributed by atoms with Crippen LogP contribution in [0.4, 0.5) is 5.69 Å². The molecule has 5 rings (SSSR count). The number of halogens is 2. The zero-order chi connectivity index (χ0) is 22.8. The summed E-state index contributed by atoms with van der Waals surface area (Å²) in [6.45, 7) is 1.70. The minimum atomic E-state index is -4.29. The predicted molar refractivity (Wildman–Crippen MR) is 123 cm³/mol. The Bertz CT molecular complexity index is 1550. The summed E-state index contributed by atoms with van der Waals surface area (Å²) in [4.78, 5) is 13.9. The highest BCUT2D eigenvalue weighted by molar-refractivity contribution is 7.87. The van der Waals surface area contributed by atoms with Crippen molar-refractivity contribution >= 4 is 55.7 Å². The van der Waals surface area contributed by atoms with E-state index in [2.05, 4.69) is 5.10 Å². The van der Waals surface area contributed by atoms with E-state index in [9.17, 15) is 13.2 Å². The number of carbonyl (C=O) groups is 1. The van der Waals surface area contributed by atoms with E-state index in [1.807, 2.05) is 0 Å². The fourth-order valence-electron chi connectivity index (χ4n) is 3.84. The molecule has 0 saturated heterocycles. The molecular formula is C22H15Cl2N3O4S. The lowest BCUT2D eigenvalue weighted by Crippen LogP contribution is -2.20. The smallest absolute Gasteiger partial charge is 0.341 e. The average molecular weight is 488 g/mol. The fraction of sp³-hybridized carbons (Fsp3) is 0.0909. The summed E-state index contributed by atoms with van der Waals surface area (Å²) in [5.41, 5.74) is 2.00. The molecule has 0 aliphatic carbocycles. The zero-order valence-electron chi connectivity index (χ0n) is 16.8. The summed E-state index contributed by atoms with van der Waals surface area (Å²) < 4.78 is 33.5. The molecule has 2 heterocycles. The minimum absolute atomic E-state index is 0.0388. The van der Waals surface area contributed by atoms with Crippen molar-refractivity contribution < 1.29 is 17.4 Å². The van der Waals surface area contributed by atoms with Gasteiger partial charge in [0.25, 0.3) is 5.91 Å². The predicted octanol–water partition coefficient (Wildman–Crippen LogP) is 5.00. The number of aryl methyl sites for hydroxylation is 1. The Morgan fingerprint density at radius 1 is 1.00 bits per heavy atom. The largest absolute Gasteiger partial charge is 0.358 e. The zero-order valence-corrected chi connectivity index (χ0v) is 19.2. The van der Waals surface area contributed by atoms with Gasteiger partial charge in [0.1, 0.15) is 4.90 Å². The summed E-state index contributed by atoms with van der Waals surface area (Å²) in [6.07, 6.45) is 0. The number of amides is 1. The average Bonchev–Trinajstić information content (AvgIpc) is 3.23. The van der Waals surface area contributed by atoms with Crippen molar-refractivity contribution in [3.63, 3.8) is 0 Å². The molecule has 162 valence electrons. The number of aromatic nitrogens is 2. The van der Waals surface area contributed by atoms with E-state index in [4.69, 9.17) is 27.4 Å². The Morgan fingerprint density at radius 3 is 2.56 bits per heavy atom. The first-order chi connectivity index (χ1) is 15.2. The molecule has 0 saturated carbocycles. The minimum Gasteiger partial charge on any atom is -0.358 e. The Kier molecular flexibility index (Phi) is 4.70. The first-order valence-electron chi connectivity index (χ1n) is 9.48. The van der Waals surface area contributed by atoms with E-state index in [1.165, 1.54) is 21.7 Å². The lowest BCUT2D eigenvalue weighted by atomic mass is 10.1. The van der Waals surface area contributed by atoms with Crippen molar-refractivity contribution in [3.05, 3.63) is 75.9 Å². The number of carbonyl (C=O) groups excluding carboxylic acids is 1. The first kappa shape index (κ1) is 20.8. The molecule has 0 fully saturated rings. The highest BCUT2D eigenvalue weighted by Gasteiger charge is 2.31. The number of hydrogen-bond acceptors (Lipinski definition) is 5. The van der Waals surface area contributed by atoms with Crippen LogP contribution in [-0.2, 0) is 10.1 Å². The number of rotatable bonds is 4. The van der Waals surface area contributed by atoms with Crippen molar-refractivity contribution in [2.75, 3.05) is 11.9 Å². The monoisotopic (exact) mass is 487 g/mol. The molecule has 0 N–H and O–H groups in total. The summed E-state index contributed by atoms with van der Waals surface area (Å²) in [5.74, 6) is -0.228. The van der Waals surface area contributed by atoms with E-state index in [0.717, 1.165) is 0 Å². The Balaban J connectivity index is 1.64. The van der Waals surface area contributed by atoms with Gasteiger partial charge in [-0.15, -0.1) is 0 Å². The van der Waals surface area contributed by atoms with Crippen molar-refractivity contribution in [1.29, 1.82) is 0 Å². The van der Waals surface area contributed by atoms with Crippen LogP contribution in [0.15, 0.2) is 59.5 Å². The van der Waals surface area contributed by atoms with E-state index in [1.54, 1.807) is 56.4 Å². The quantitative estimate of drug-likeness (QED) is 0.378. The van der Waals surface area contributed by atoms with Crippen LogP contribution in [0.25, 0.3) is 16.5 Å². The highest BCUT2D eigenvalue weighted by atomic mass is 35.5. The lowest BCUT2D eigenvalue weighted by Gasteiger charge is -2.13. The molecule has 1 amide bonds. The molecule has 3 aromatic carbocycles. The standard InChI is InChI=1S/C22H15Cl2N3O4S/c1-12-10-20(27(25-12)18-11-13(23)6-7-16(18)24)31-32(29,30)19-9-8-17-21-14(19)4-3-5-15(21)22(28)26(17)2/h3-11H,1-2H3. The molecule has 1 aliphatic heterocycles.